The number of likely N-dealkylation sites (tertiary alicyclic amines) is 1. The highest BCUT2D eigenvalue weighted by Gasteiger charge is 2.38. The van der Waals surface area contributed by atoms with E-state index in [1.54, 1.807) is 0 Å². The molecule has 2 aliphatic rings. The van der Waals surface area contributed by atoms with Gasteiger partial charge in [-0.25, -0.2) is 0 Å². The molecule has 1 amide bonds. The van der Waals surface area contributed by atoms with E-state index >= 15 is 0 Å². The molecule has 0 spiro atoms. The van der Waals surface area contributed by atoms with Crippen LogP contribution in [0, 0.1) is 17.8 Å². The Kier molecular flexibility index (Phi) is 4.31. The Morgan fingerprint density at radius 1 is 1.28 bits per heavy atom. The molecule has 4 atom stereocenters. The Hall–Kier alpha value is -0.570. The number of hydrogen-bond acceptors (Lipinski definition) is 2. The zero-order valence-electron chi connectivity index (χ0n) is 12.1. The second-order valence-electron chi connectivity index (χ2n) is 6.64. The van der Waals surface area contributed by atoms with E-state index in [4.69, 9.17) is 5.73 Å². The van der Waals surface area contributed by atoms with Crippen LogP contribution in [0.25, 0.3) is 0 Å². The average Bonchev–Trinajstić information content (AvgIpc) is 2.80. The van der Waals surface area contributed by atoms with Gasteiger partial charge in [-0.05, 0) is 43.9 Å². The maximum Gasteiger partial charge on any atom is 0.226 e. The zero-order valence-corrected chi connectivity index (χ0v) is 12.1. The SMILES string of the molecule is CC(C)C1CCCN1C(=O)C1CC(N)CCC1C. The molecular formula is C15H28N2O. The summed E-state index contributed by atoms with van der Waals surface area (Å²) in [5, 5.41) is 0. The average molecular weight is 252 g/mol. The van der Waals surface area contributed by atoms with E-state index in [1.165, 1.54) is 12.8 Å². The molecule has 0 bridgehead atoms. The van der Waals surface area contributed by atoms with Crippen LogP contribution < -0.4 is 5.73 Å². The Morgan fingerprint density at radius 2 is 2.00 bits per heavy atom. The maximum atomic E-state index is 12.7. The number of amides is 1. The number of rotatable bonds is 2. The minimum Gasteiger partial charge on any atom is -0.339 e. The highest BCUT2D eigenvalue weighted by atomic mass is 16.2. The van der Waals surface area contributed by atoms with Crippen molar-refractivity contribution in [3.8, 4) is 0 Å². The van der Waals surface area contributed by atoms with E-state index in [0.717, 1.165) is 25.8 Å². The summed E-state index contributed by atoms with van der Waals surface area (Å²) < 4.78 is 0. The van der Waals surface area contributed by atoms with E-state index in [2.05, 4.69) is 25.7 Å². The van der Waals surface area contributed by atoms with Crippen LogP contribution in [0.5, 0.6) is 0 Å². The van der Waals surface area contributed by atoms with Gasteiger partial charge in [-0.15, -0.1) is 0 Å². The summed E-state index contributed by atoms with van der Waals surface area (Å²) in [7, 11) is 0. The van der Waals surface area contributed by atoms with E-state index in [9.17, 15) is 4.79 Å². The van der Waals surface area contributed by atoms with Crippen molar-refractivity contribution in [2.75, 3.05) is 6.54 Å². The molecule has 0 aromatic heterocycles. The molecule has 2 rings (SSSR count). The molecule has 1 aliphatic carbocycles. The van der Waals surface area contributed by atoms with Gasteiger partial charge in [-0.3, -0.25) is 4.79 Å². The van der Waals surface area contributed by atoms with Crippen LogP contribution in [0.1, 0.15) is 52.9 Å². The second-order valence-corrected chi connectivity index (χ2v) is 6.64. The smallest absolute Gasteiger partial charge is 0.226 e. The lowest BCUT2D eigenvalue weighted by Crippen LogP contribution is -2.46. The van der Waals surface area contributed by atoms with E-state index in [1.807, 2.05) is 0 Å². The largest absolute Gasteiger partial charge is 0.339 e. The number of carbonyl (C=O) groups excluding carboxylic acids is 1. The molecular weight excluding hydrogens is 224 g/mol. The molecule has 1 heterocycles. The Labute approximate surface area is 111 Å². The van der Waals surface area contributed by atoms with Crippen molar-refractivity contribution in [3.05, 3.63) is 0 Å². The number of nitrogens with two attached hydrogens (primary N) is 1. The van der Waals surface area contributed by atoms with Gasteiger partial charge in [0.1, 0.15) is 0 Å². The molecule has 2 fully saturated rings. The molecule has 1 saturated heterocycles. The van der Waals surface area contributed by atoms with Gasteiger partial charge in [-0.2, -0.15) is 0 Å². The van der Waals surface area contributed by atoms with Crippen molar-refractivity contribution in [3.63, 3.8) is 0 Å². The molecule has 2 N–H and O–H groups in total. The highest BCUT2D eigenvalue weighted by Crippen LogP contribution is 2.33. The lowest BCUT2D eigenvalue weighted by Gasteiger charge is -2.37. The third-order valence-corrected chi connectivity index (χ3v) is 4.91. The first-order chi connectivity index (χ1) is 8.50. The van der Waals surface area contributed by atoms with Gasteiger partial charge in [0.2, 0.25) is 5.91 Å². The molecule has 3 heteroatoms. The number of nitrogens with zero attached hydrogens (tertiary/aromatic N) is 1. The number of hydrogen-bond donors (Lipinski definition) is 1. The van der Waals surface area contributed by atoms with Crippen LogP contribution in [0.4, 0.5) is 0 Å². The predicted octanol–water partition coefficient (Wildman–Crippen LogP) is 2.40. The lowest BCUT2D eigenvalue weighted by molar-refractivity contribution is -0.140. The first-order valence-corrected chi connectivity index (χ1v) is 7.56. The molecule has 1 aliphatic heterocycles. The standard InChI is InChI=1S/C15H28N2O/c1-10(2)14-5-4-8-17(14)15(18)13-9-12(16)7-6-11(13)3/h10-14H,4-9,16H2,1-3H3. The Bertz CT molecular complexity index is 299. The molecule has 0 aromatic carbocycles. The fraction of sp³-hybridized carbons (Fsp3) is 0.933. The van der Waals surface area contributed by atoms with Crippen molar-refractivity contribution >= 4 is 5.91 Å². The molecule has 104 valence electrons. The zero-order chi connectivity index (χ0) is 13.3. The number of carbonyl (C=O) groups is 1. The minimum absolute atomic E-state index is 0.174. The van der Waals surface area contributed by atoms with Crippen LogP contribution in [0.15, 0.2) is 0 Å². The molecule has 1 saturated carbocycles. The van der Waals surface area contributed by atoms with Crippen LogP contribution >= 0.6 is 0 Å². The van der Waals surface area contributed by atoms with Gasteiger partial charge in [-0.1, -0.05) is 20.8 Å². The first-order valence-electron chi connectivity index (χ1n) is 7.56. The summed E-state index contributed by atoms with van der Waals surface area (Å²) in [6, 6.07) is 0.693. The predicted molar refractivity (Wildman–Crippen MR) is 74.1 cm³/mol. The van der Waals surface area contributed by atoms with Crippen LogP contribution in [-0.4, -0.2) is 29.4 Å². The summed E-state index contributed by atoms with van der Waals surface area (Å²) in [4.78, 5) is 14.9. The van der Waals surface area contributed by atoms with Crippen molar-refractivity contribution in [2.24, 2.45) is 23.5 Å². The quantitative estimate of drug-likeness (QED) is 0.820. The summed E-state index contributed by atoms with van der Waals surface area (Å²) >= 11 is 0. The summed E-state index contributed by atoms with van der Waals surface area (Å²) in [5.41, 5.74) is 6.05. The van der Waals surface area contributed by atoms with E-state index in [-0.39, 0.29) is 12.0 Å². The minimum atomic E-state index is 0.174. The third kappa shape index (κ3) is 2.71. The lowest BCUT2D eigenvalue weighted by atomic mass is 9.77. The highest BCUT2D eigenvalue weighted by molar-refractivity contribution is 5.80. The fourth-order valence-corrected chi connectivity index (χ4v) is 3.67. The first kappa shape index (κ1) is 13.9. The summed E-state index contributed by atoms with van der Waals surface area (Å²) in [6.07, 6.45) is 5.43. The fourth-order valence-electron chi connectivity index (χ4n) is 3.67. The normalized spacial score (nSPS) is 37.3. The summed E-state index contributed by atoms with van der Waals surface area (Å²) in [5.74, 6) is 1.64. The van der Waals surface area contributed by atoms with Crippen LogP contribution in [0.2, 0.25) is 0 Å². The van der Waals surface area contributed by atoms with Gasteiger partial charge in [0, 0.05) is 24.5 Å². The molecule has 0 radical (unpaired) electrons. The van der Waals surface area contributed by atoms with Crippen LogP contribution in [0.3, 0.4) is 0 Å². The van der Waals surface area contributed by atoms with Gasteiger partial charge < -0.3 is 10.6 Å². The topological polar surface area (TPSA) is 46.3 Å². The van der Waals surface area contributed by atoms with Crippen LogP contribution in [-0.2, 0) is 4.79 Å². The monoisotopic (exact) mass is 252 g/mol. The van der Waals surface area contributed by atoms with Crippen molar-refractivity contribution in [2.45, 2.75) is 65.0 Å². The Balaban J connectivity index is 2.05. The van der Waals surface area contributed by atoms with Gasteiger partial charge in [0.05, 0.1) is 0 Å². The molecule has 18 heavy (non-hydrogen) atoms. The van der Waals surface area contributed by atoms with Gasteiger partial charge in [0.25, 0.3) is 0 Å². The second kappa shape index (κ2) is 5.60. The molecule has 4 unspecified atom stereocenters. The van der Waals surface area contributed by atoms with Crippen molar-refractivity contribution in [1.29, 1.82) is 0 Å². The van der Waals surface area contributed by atoms with E-state index in [0.29, 0.717) is 23.8 Å². The third-order valence-electron chi connectivity index (χ3n) is 4.91. The summed E-state index contributed by atoms with van der Waals surface area (Å²) in [6.45, 7) is 7.63. The molecule has 0 aromatic rings. The van der Waals surface area contributed by atoms with Crippen molar-refractivity contribution < 1.29 is 4.79 Å². The van der Waals surface area contributed by atoms with Crippen molar-refractivity contribution in [1.82, 2.24) is 4.90 Å². The maximum absolute atomic E-state index is 12.7. The van der Waals surface area contributed by atoms with Gasteiger partial charge >= 0.3 is 0 Å². The van der Waals surface area contributed by atoms with Gasteiger partial charge in [0.15, 0.2) is 0 Å². The van der Waals surface area contributed by atoms with E-state index < -0.39 is 0 Å². The molecule has 3 nitrogen and oxygen atoms in total. The Morgan fingerprint density at radius 3 is 2.67 bits per heavy atom.